The Morgan fingerprint density at radius 2 is 0.434 bits per heavy atom. The largest absolute Gasteiger partial charge is 0.452 e. The molecule has 4 aromatic heterocycles. The van der Waals surface area contributed by atoms with Gasteiger partial charge in [0.2, 0.25) is 0 Å². The SMILES string of the molecule is C.c1ccc(-c2ccc(N(c3ccc4c(c3)sc3c5ccc(N(c6ccc(-c7ccccc7)cc6)c6cccc7ccccc67)cc5sc43)c3cccc4ccccc34)cc2)cc1.c1ccc(N(c2ccc3c(c2)oc2c4ccc(N(c5ccccc5)c5cccc6ccccc56)cc4oc32)c2cccc3ccccc23)cc1. The third-order valence-electron chi connectivity index (χ3n) is 21.7. The van der Waals surface area contributed by atoms with Crippen LogP contribution in [0.2, 0.25) is 0 Å². The number of hydrogen-bond donors (Lipinski definition) is 0. The highest BCUT2D eigenvalue weighted by Crippen LogP contribution is 2.51. The molecule has 18 aromatic carbocycles. The van der Waals surface area contributed by atoms with Gasteiger partial charge in [-0.05, 0) is 165 Å². The van der Waals surface area contributed by atoms with Crippen LogP contribution < -0.4 is 19.6 Å². The van der Waals surface area contributed by atoms with E-state index >= 15 is 0 Å². The first kappa shape index (κ1) is 68.0. The van der Waals surface area contributed by atoms with E-state index in [9.17, 15) is 0 Å². The summed E-state index contributed by atoms with van der Waals surface area (Å²) in [6.07, 6.45) is 0. The molecule has 8 heteroatoms. The molecule has 0 unspecified atom stereocenters. The van der Waals surface area contributed by atoms with E-state index in [1.807, 2.05) is 34.8 Å². The van der Waals surface area contributed by atoms with Crippen LogP contribution in [0, 0.1) is 0 Å². The van der Waals surface area contributed by atoms with E-state index in [2.05, 4.69) is 420 Å². The topological polar surface area (TPSA) is 39.2 Å². The Labute approximate surface area is 662 Å². The number of hydrogen-bond acceptors (Lipinski definition) is 8. The highest BCUT2D eigenvalue weighted by molar-refractivity contribution is 7.36. The van der Waals surface area contributed by atoms with Crippen molar-refractivity contribution in [3.05, 3.63) is 413 Å². The quantitative estimate of drug-likeness (QED) is 0.108. The first-order chi connectivity index (χ1) is 55.5. The Hall–Kier alpha value is -14.3. The van der Waals surface area contributed by atoms with Gasteiger partial charge in [-0.3, -0.25) is 0 Å². The summed E-state index contributed by atoms with van der Waals surface area (Å²) >= 11 is 3.80. The zero-order valence-electron chi connectivity index (χ0n) is 60.7. The molecular formula is C105H72N4O2S2. The van der Waals surface area contributed by atoms with Gasteiger partial charge in [-0.2, -0.15) is 0 Å². The number of benzene rings is 18. The third kappa shape index (κ3) is 12.3. The molecule has 536 valence electrons. The molecule has 22 aromatic rings. The zero-order valence-corrected chi connectivity index (χ0v) is 62.3. The first-order valence-electron chi connectivity index (χ1n) is 37.8. The van der Waals surface area contributed by atoms with Gasteiger partial charge in [0.1, 0.15) is 11.2 Å². The number of furan rings is 2. The van der Waals surface area contributed by atoms with Crippen LogP contribution in [0.5, 0.6) is 0 Å². The number of thiophene rings is 2. The summed E-state index contributed by atoms with van der Waals surface area (Å²) in [5.41, 5.74) is 21.2. The van der Waals surface area contributed by atoms with Gasteiger partial charge in [0.15, 0.2) is 11.2 Å². The Balaban J connectivity index is 0.000000149. The number of anilines is 12. The minimum atomic E-state index is 0. The van der Waals surface area contributed by atoms with Crippen molar-refractivity contribution in [2.24, 2.45) is 0 Å². The molecule has 0 saturated carbocycles. The van der Waals surface area contributed by atoms with Gasteiger partial charge in [0, 0.05) is 99.3 Å². The second-order valence-corrected chi connectivity index (χ2v) is 30.4. The Morgan fingerprint density at radius 1 is 0.186 bits per heavy atom. The third-order valence-corrected chi connectivity index (χ3v) is 24.2. The highest BCUT2D eigenvalue weighted by Gasteiger charge is 2.25. The molecule has 113 heavy (non-hydrogen) atoms. The predicted molar refractivity (Wildman–Crippen MR) is 485 cm³/mol. The molecule has 0 amide bonds. The van der Waals surface area contributed by atoms with Crippen LogP contribution in [-0.2, 0) is 0 Å². The predicted octanol–water partition coefficient (Wildman–Crippen LogP) is 32.1. The normalized spacial score (nSPS) is 11.5. The van der Waals surface area contributed by atoms with Crippen molar-refractivity contribution >= 4 is 197 Å². The summed E-state index contributed by atoms with van der Waals surface area (Å²) in [5, 5.41) is 14.1. The molecule has 0 atom stereocenters. The maximum absolute atomic E-state index is 6.65. The van der Waals surface area contributed by atoms with Gasteiger partial charge in [-0.1, -0.05) is 286 Å². The van der Waals surface area contributed by atoms with Crippen molar-refractivity contribution in [1.82, 2.24) is 0 Å². The molecule has 0 saturated heterocycles. The number of rotatable bonds is 14. The minimum Gasteiger partial charge on any atom is -0.452 e. The van der Waals surface area contributed by atoms with Crippen molar-refractivity contribution in [2.75, 3.05) is 19.6 Å². The van der Waals surface area contributed by atoms with Gasteiger partial charge < -0.3 is 28.4 Å². The lowest BCUT2D eigenvalue weighted by molar-refractivity contribution is 0.653. The lowest BCUT2D eigenvalue weighted by Crippen LogP contribution is -2.10. The lowest BCUT2D eigenvalue weighted by Gasteiger charge is -2.27. The smallest absolute Gasteiger partial charge is 0.181 e. The van der Waals surface area contributed by atoms with E-state index in [-0.39, 0.29) is 7.43 Å². The average Bonchev–Trinajstić information content (AvgIpc) is 0.909. The van der Waals surface area contributed by atoms with Crippen molar-refractivity contribution in [3.8, 4) is 22.3 Å². The molecule has 22 rings (SSSR count). The molecule has 0 aliphatic carbocycles. The van der Waals surface area contributed by atoms with Gasteiger partial charge in [-0.15, -0.1) is 22.7 Å². The fourth-order valence-corrected chi connectivity index (χ4v) is 19.1. The van der Waals surface area contributed by atoms with E-state index in [0.717, 1.165) is 101 Å². The van der Waals surface area contributed by atoms with E-state index in [0.29, 0.717) is 0 Å². The molecule has 0 aliphatic rings. The van der Waals surface area contributed by atoms with Crippen molar-refractivity contribution < 1.29 is 8.83 Å². The molecule has 0 fully saturated rings. The monoisotopic (exact) mass is 1480 g/mol. The van der Waals surface area contributed by atoms with Gasteiger partial charge >= 0.3 is 0 Å². The fourth-order valence-electron chi connectivity index (χ4n) is 16.4. The van der Waals surface area contributed by atoms with Crippen molar-refractivity contribution in [2.45, 2.75) is 7.43 Å². The van der Waals surface area contributed by atoms with E-state index in [1.54, 1.807) is 0 Å². The summed E-state index contributed by atoms with van der Waals surface area (Å²) in [5.74, 6) is 0. The molecule has 0 aliphatic heterocycles. The summed E-state index contributed by atoms with van der Waals surface area (Å²) in [6.45, 7) is 0. The second-order valence-electron chi connectivity index (χ2n) is 28.3. The molecule has 6 nitrogen and oxygen atoms in total. The Bertz CT molecular complexity index is 6820. The van der Waals surface area contributed by atoms with Crippen LogP contribution in [0.25, 0.3) is 128 Å². The lowest BCUT2D eigenvalue weighted by atomic mass is 10.0. The minimum absolute atomic E-state index is 0. The summed E-state index contributed by atoms with van der Waals surface area (Å²) in [4.78, 5) is 9.43. The van der Waals surface area contributed by atoms with E-state index in [4.69, 9.17) is 8.83 Å². The molecular weight excluding hydrogens is 1410 g/mol. The molecule has 0 spiro atoms. The number of para-hydroxylation sites is 2. The first-order valence-corrected chi connectivity index (χ1v) is 39.5. The van der Waals surface area contributed by atoms with Gasteiger partial charge in [0.25, 0.3) is 0 Å². The van der Waals surface area contributed by atoms with Crippen molar-refractivity contribution in [1.29, 1.82) is 0 Å². The maximum atomic E-state index is 6.65. The van der Waals surface area contributed by atoms with Gasteiger partial charge in [0.05, 0.1) is 42.9 Å². The highest BCUT2D eigenvalue weighted by atomic mass is 32.1. The van der Waals surface area contributed by atoms with Crippen molar-refractivity contribution in [3.63, 3.8) is 0 Å². The Kier molecular flexibility index (Phi) is 17.4. The maximum Gasteiger partial charge on any atom is 0.181 e. The van der Waals surface area contributed by atoms with Crippen LogP contribution in [0.3, 0.4) is 0 Å². The van der Waals surface area contributed by atoms with Crippen LogP contribution in [-0.4, -0.2) is 0 Å². The molecule has 0 bridgehead atoms. The molecule has 0 radical (unpaired) electrons. The second kappa shape index (κ2) is 28.9. The fraction of sp³-hybridized carbons (Fsp3) is 0.00952. The zero-order chi connectivity index (χ0) is 74.0. The molecule has 0 N–H and O–H groups in total. The van der Waals surface area contributed by atoms with Crippen LogP contribution >= 0.6 is 22.7 Å². The van der Waals surface area contributed by atoms with Crippen LogP contribution in [0.1, 0.15) is 7.43 Å². The summed E-state index contributed by atoms with van der Waals surface area (Å²) in [7, 11) is 0. The van der Waals surface area contributed by atoms with E-state index < -0.39 is 0 Å². The summed E-state index contributed by atoms with van der Waals surface area (Å²) < 4.78 is 18.6. The summed E-state index contributed by atoms with van der Waals surface area (Å²) in [6, 6.07) is 148. The Morgan fingerprint density at radius 3 is 0.761 bits per heavy atom. The van der Waals surface area contributed by atoms with E-state index in [1.165, 1.54) is 94.9 Å². The number of nitrogens with zero attached hydrogens (tertiary/aromatic N) is 4. The van der Waals surface area contributed by atoms with Crippen LogP contribution in [0.4, 0.5) is 68.2 Å². The average molecular weight is 1490 g/mol. The standard InChI is InChI=1S/C58H38N2S2.C46H30N2O2.CH4/c1-3-13-39(14-4-1)41-25-29-45(30-26-41)59(53-23-11-19-43-17-7-9-21-49(43)53)47-33-35-51-55(37-47)61-58-52-36-34-48(38-56(52)62-57(51)58)60(54-24-12-20-44-18-8-10-22-50(44)54)46-31-27-42(28-32-46)40-15-5-2-6-16-40;1-3-17-33(18-4-1)47(41-23-11-15-31-13-7-9-21-37(31)41)35-25-27-39-43(29-35)49-46-40-28-26-36(30-44(40)50-45(39)46)48(34-19-5-2-6-20-34)42-24-12-16-32-14-8-10-22-38(32)42;/h1-38H;1-30H;1H4. The number of fused-ring (bicyclic) bond motifs is 14. The molecule has 4 heterocycles. The van der Waals surface area contributed by atoms with Gasteiger partial charge in [-0.25, -0.2) is 0 Å². The van der Waals surface area contributed by atoms with Crippen LogP contribution in [0.15, 0.2) is 421 Å².